The van der Waals surface area contributed by atoms with Gasteiger partial charge in [-0.25, -0.2) is 4.79 Å². The number of carboxylic acid groups (broad SMARTS) is 1. The molecule has 64 valence electrons. The minimum atomic E-state index is -1.05. The molecule has 0 aromatic carbocycles. The lowest BCUT2D eigenvalue weighted by molar-refractivity contribution is -0.192. The molecule has 0 aliphatic carbocycles. The maximum Gasteiger partial charge on any atom is 0.361 e. The molecule has 1 N–H and O–H groups in total. The molecular weight excluding hydrogens is 148 g/mol. The van der Waals surface area contributed by atoms with Crippen LogP contribution in [0, 0.1) is 0 Å². The third kappa shape index (κ3) is 2.86. The van der Waals surface area contributed by atoms with E-state index in [1.807, 2.05) is 0 Å². The summed E-state index contributed by atoms with van der Waals surface area (Å²) < 4.78 is 9.85. The molecule has 1 saturated heterocycles. The minimum Gasteiger partial charge on any atom is -0.477 e. The van der Waals surface area contributed by atoms with Crippen LogP contribution in [-0.2, 0) is 14.3 Å². The normalized spacial score (nSPS) is 22.2. The van der Waals surface area contributed by atoms with Crippen LogP contribution in [0.2, 0.25) is 0 Å². The van der Waals surface area contributed by atoms with E-state index in [9.17, 15) is 4.79 Å². The highest BCUT2D eigenvalue weighted by molar-refractivity contribution is 5.70. The molecule has 1 heterocycles. The molecule has 1 rings (SSSR count). The van der Waals surface area contributed by atoms with Crippen molar-refractivity contribution in [2.24, 2.45) is 0 Å². The van der Waals surface area contributed by atoms with Gasteiger partial charge in [-0.3, -0.25) is 0 Å². The Morgan fingerprint density at radius 2 is 1.73 bits per heavy atom. The maximum absolute atomic E-state index is 10.4. The van der Waals surface area contributed by atoms with Gasteiger partial charge in [0.05, 0.1) is 13.2 Å². The Morgan fingerprint density at radius 1 is 1.18 bits per heavy atom. The summed E-state index contributed by atoms with van der Waals surface area (Å²) in [4.78, 5) is 10.4. The van der Waals surface area contributed by atoms with Gasteiger partial charge in [-0.2, -0.15) is 0 Å². The first kappa shape index (κ1) is 8.49. The van der Waals surface area contributed by atoms with Crippen molar-refractivity contribution in [2.45, 2.75) is 25.6 Å². The van der Waals surface area contributed by atoms with Crippen molar-refractivity contribution in [3.8, 4) is 0 Å². The second-order valence-corrected chi connectivity index (χ2v) is 2.47. The van der Waals surface area contributed by atoms with Crippen molar-refractivity contribution in [3.05, 3.63) is 0 Å². The van der Waals surface area contributed by atoms with Crippen LogP contribution in [0.4, 0.5) is 0 Å². The van der Waals surface area contributed by atoms with E-state index in [2.05, 4.69) is 0 Å². The van der Waals surface area contributed by atoms with Crippen LogP contribution in [0.1, 0.15) is 19.3 Å². The SMILES string of the molecule is O=C(O)C1OCCCCCO1. The Labute approximate surface area is 65.1 Å². The van der Waals surface area contributed by atoms with Gasteiger partial charge in [-0.15, -0.1) is 0 Å². The lowest BCUT2D eigenvalue weighted by Crippen LogP contribution is -2.29. The number of ether oxygens (including phenoxy) is 2. The van der Waals surface area contributed by atoms with Crippen molar-refractivity contribution in [1.29, 1.82) is 0 Å². The number of carboxylic acids is 1. The monoisotopic (exact) mass is 160 g/mol. The lowest BCUT2D eigenvalue weighted by Gasteiger charge is -2.16. The van der Waals surface area contributed by atoms with E-state index in [1.54, 1.807) is 0 Å². The Bertz CT molecular complexity index is 126. The van der Waals surface area contributed by atoms with Gasteiger partial charge in [0.25, 0.3) is 6.29 Å². The molecule has 0 saturated carbocycles. The zero-order valence-electron chi connectivity index (χ0n) is 6.28. The van der Waals surface area contributed by atoms with Crippen LogP contribution in [0.25, 0.3) is 0 Å². The second-order valence-electron chi connectivity index (χ2n) is 2.47. The molecular formula is C7H12O4. The fourth-order valence-electron chi connectivity index (χ4n) is 0.952. The van der Waals surface area contributed by atoms with E-state index < -0.39 is 12.3 Å². The fourth-order valence-corrected chi connectivity index (χ4v) is 0.952. The first-order valence-corrected chi connectivity index (χ1v) is 3.77. The topological polar surface area (TPSA) is 55.8 Å². The van der Waals surface area contributed by atoms with Gasteiger partial charge in [0, 0.05) is 0 Å². The summed E-state index contributed by atoms with van der Waals surface area (Å²) in [5, 5.41) is 8.51. The van der Waals surface area contributed by atoms with Gasteiger partial charge in [0.1, 0.15) is 0 Å². The molecule has 1 aliphatic heterocycles. The van der Waals surface area contributed by atoms with Crippen molar-refractivity contribution in [2.75, 3.05) is 13.2 Å². The third-order valence-corrected chi connectivity index (χ3v) is 1.53. The quantitative estimate of drug-likeness (QED) is 0.610. The Morgan fingerprint density at radius 3 is 2.18 bits per heavy atom. The third-order valence-electron chi connectivity index (χ3n) is 1.53. The maximum atomic E-state index is 10.4. The number of rotatable bonds is 1. The molecule has 4 nitrogen and oxygen atoms in total. The van der Waals surface area contributed by atoms with E-state index in [1.165, 1.54) is 0 Å². The molecule has 0 radical (unpaired) electrons. The smallest absolute Gasteiger partial charge is 0.361 e. The first-order valence-electron chi connectivity index (χ1n) is 3.77. The standard InChI is InChI=1S/C7H12O4/c8-6(9)7-10-4-2-1-3-5-11-7/h7H,1-5H2,(H,8,9). The molecule has 1 aliphatic rings. The predicted octanol–water partition coefficient (Wildman–Crippen LogP) is 0.614. The number of hydrogen-bond acceptors (Lipinski definition) is 3. The van der Waals surface area contributed by atoms with Crippen molar-refractivity contribution < 1.29 is 19.4 Å². The van der Waals surface area contributed by atoms with Crippen LogP contribution >= 0.6 is 0 Å². The van der Waals surface area contributed by atoms with Gasteiger partial charge < -0.3 is 14.6 Å². The zero-order chi connectivity index (χ0) is 8.10. The van der Waals surface area contributed by atoms with Gasteiger partial charge in [-0.05, 0) is 19.3 Å². The van der Waals surface area contributed by atoms with Crippen LogP contribution < -0.4 is 0 Å². The summed E-state index contributed by atoms with van der Waals surface area (Å²) in [6.45, 7) is 0.966. The molecule has 4 heteroatoms. The van der Waals surface area contributed by atoms with E-state index in [0.29, 0.717) is 13.2 Å². The number of hydrogen-bond donors (Lipinski definition) is 1. The van der Waals surface area contributed by atoms with Crippen molar-refractivity contribution in [1.82, 2.24) is 0 Å². The van der Waals surface area contributed by atoms with Gasteiger partial charge >= 0.3 is 5.97 Å². The van der Waals surface area contributed by atoms with Crippen LogP contribution in [0.3, 0.4) is 0 Å². The summed E-state index contributed by atoms with van der Waals surface area (Å²) in [6.07, 6.45) is 1.85. The van der Waals surface area contributed by atoms with E-state index >= 15 is 0 Å². The molecule has 0 atom stereocenters. The highest BCUT2D eigenvalue weighted by Crippen LogP contribution is 2.06. The van der Waals surface area contributed by atoms with Crippen LogP contribution in [0.15, 0.2) is 0 Å². The molecule has 11 heavy (non-hydrogen) atoms. The Hall–Kier alpha value is -0.610. The van der Waals surface area contributed by atoms with Gasteiger partial charge in [-0.1, -0.05) is 0 Å². The molecule has 0 bridgehead atoms. The van der Waals surface area contributed by atoms with E-state index in [4.69, 9.17) is 14.6 Å². The number of aliphatic carboxylic acids is 1. The largest absolute Gasteiger partial charge is 0.477 e. The highest BCUT2D eigenvalue weighted by Gasteiger charge is 2.19. The van der Waals surface area contributed by atoms with Crippen molar-refractivity contribution >= 4 is 5.97 Å². The average molecular weight is 160 g/mol. The summed E-state index contributed by atoms with van der Waals surface area (Å²) in [5.41, 5.74) is 0. The summed E-state index contributed by atoms with van der Waals surface area (Å²) >= 11 is 0. The molecule has 0 amide bonds. The molecule has 0 aromatic heterocycles. The van der Waals surface area contributed by atoms with Crippen LogP contribution in [-0.4, -0.2) is 30.6 Å². The summed E-state index contributed by atoms with van der Waals surface area (Å²) in [6, 6.07) is 0. The van der Waals surface area contributed by atoms with Crippen molar-refractivity contribution in [3.63, 3.8) is 0 Å². The lowest BCUT2D eigenvalue weighted by atomic mass is 10.2. The fraction of sp³-hybridized carbons (Fsp3) is 0.857. The number of carbonyl (C=O) groups is 1. The molecule has 0 unspecified atom stereocenters. The minimum absolute atomic E-state index is 0.483. The van der Waals surface area contributed by atoms with Gasteiger partial charge in [0.15, 0.2) is 0 Å². The Balaban J connectivity index is 2.32. The summed E-state index contributed by atoms with van der Waals surface area (Å²) in [5.74, 6) is -1.04. The second kappa shape index (κ2) is 4.31. The molecule has 1 fully saturated rings. The summed E-state index contributed by atoms with van der Waals surface area (Å²) in [7, 11) is 0. The highest BCUT2D eigenvalue weighted by atomic mass is 16.7. The van der Waals surface area contributed by atoms with Crippen LogP contribution in [0.5, 0.6) is 0 Å². The predicted molar refractivity (Wildman–Crippen MR) is 37.2 cm³/mol. The molecule has 0 spiro atoms. The zero-order valence-corrected chi connectivity index (χ0v) is 6.28. The van der Waals surface area contributed by atoms with Gasteiger partial charge in [0.2, 0.25) is 0 Å². The Kier molecular flexibility index (Phi) is 3.32. The molecule has 0 aromatic rings. The van der Waals surface area contributed by atoms with E-state index in [-0.39, 0.29) is 0 Å². The van der Waals surface area contributed by atoms with E-state index in [0.717, 1.165) is 19.3 Å². The first-order chi connectivity index (χ1) is 5.30. The average Bonchev–Trinajstić information content (AvgIpc) is 1.84.